The summed E-state index contributed by atoms with van der Waals surface area (Å²) in [5.74, 6) is -0.0665. The molecule has 0 bridgehead atoms. The molecule has 4 aromatic rings. The van der Waals surface area contributed by atoms with Gasteiger partial charge in [0.15, 0.2) is 0 Å². The van der Waals surface area contributed by atoms with E-state index < -0.39 is 6.04 Å². The summed E-state index contributed by atoms with van der Waals surface area (Å²) >= 11 is 0. The van der Waals surface area contributed by atoms with Crippen molar-refractivity contribution in [2.75, 3.05) is 26.2 Å². The minimum Gasteiger partial charge on any atom is -0.361 e. The number of carbonyl (C=O) groups excluding carboxylic acids is 2. The number of nitrogens with zero attached hydrogens (tertiary/aromatic N) is 2. The fraction of sp³-hybridized carbons (Fsp3) is 0.389. The molecule has 0 aliphatic carbocycles. The maximum Gasteiger partial charge on any atom is 0.245 e. The number of nitrogens with one attached hydrogen (secondary N) is 2. The van der Waals surface area contributed by atoms with E-state index in [9.17, 15) is 9.59 Å². The average molecular weight is 565 g/mol. The topological polar surface area (TPSA) is 68.4 Å². The summed E-state index contributed by atoms with van der Waals surface area (Å²) in [4.78, 5) is 35.3. The van der Waals surface area contributed by atoms with Crippen LogP contribution in [0.5, 0.6) is 0 Å². The van der Waals surface area contributed by atoms with Gasteiger partial charge in [0.1, 0.15) is 6.04 Å². The number of aromatic amines is 1. The van der Waals surface area contributed by atoms with Crippen LogP contribution in [-0.4, -0.2) is 58.8 Å². The lowest BCUT2D eigenvalue weighted by Gasteiger charge is -2.41. The van der Waals surface area contributed by atoms with Gasteiger partial charge in [-0.2, -0.15) is 0 Å². The Hall–Kier alpha value is -3.90. The maximum absolute atomic E-state index is 14.1. The van der Waals surface area contributed by atoms with Gasteiger partial charge in [-0.25, -0.2) is 0 Å². The highest BCUT2D eigenvalue weighted by molar-refractivity contribution is 5.90. The lowest BCUT2D eigenvalue weighted by atomic mass is 9.96. The Bertz CT molecular complexity index is 1390. The number of rotatable bonds is 12. The third-order valence-corrected chi connectivity index (χ3v) is 8.70. The van der Waals surface area contributed by atoms with Crippen molar-refractivity contribution in [1.82, 2.24) is 20.1 Å². The Balaban J connectivity index is 1.33. The number of carbonyl (C=O) groups is 2. The number of aromatic nitrogens is 1. The van der Waals surface area contributed by atoms with Crippen LogP contribution in [0.2, 0.25) is 0 Å². The summed E-state index contributed by atoms with van der Waals surface area (Å²) in [5, 5.41) is 4.30. The molecule has 0 radical (unpaired) electrons. The highest BCUT2D eigenvalue weighted by Gasteiger charge is 2.33. The van der Waals surface area contributed by atoms with E-state index in [4.69, 9.17) is 0 Å². The number of hydrogen-bond acceptors (Lipinski definition) is 3. The molecule has 6 heteroatoms. The fourth-order valence-corrected chi connectivity index (χ4v) is 6.29. The molecule has 1 aliphatic heterocycles. The zero-order chi connectivity index (χ0) is 29.3. The largest absolute Gasteiger partial charge is 0.361 e. The number of fused-ring (bicyclic) bond motifs is 1. The molecule has 1 saturated heterocycles. The Morgan fingerprint density at radius 2 is 1.45 bits per heavy atom. The molecular weight excluding hydrogens is 520 g/mol. The van der Waals surface area contributed by atoms with Gasteiger partial charge in [-0.1, -0.05) is 106 Å². The zero-order valence-corrected chi connectivity index (χ0v) is 25.0. The van der Waals surface area contributed by atoms with Crippen LogP contribution < -0.4 is 5.32 Å². The first-order valence-corrected chi connectivity index (χ1v) is 15.6. The van der Waals surface area contributed by atoms with Crippen molar-refractivity contribution < 1.29 is 9.59 Å². The Morgan fingerprint density at radius 1 is 0.833 bits per heavy atom. The molecule has 5 rings (SSSR count). The summed E-state index contributed by atoms with van der Waals surface area (Å²) in [6.45, 7) is 6.99. The molecule has 2 unspecified atom stereocenters. The van der Waals surface area contributed by atoms with Gasteiger partial charge in [0.25, 0.3) is 0 Å². The molecule has 0 saturated carbocycles. The van der Waals surface area contributed by atoms with Crippen molar-refractivity contribution in [3.63, 3.8) is 0 Å². The molecule has 2 N–H and O–H groups in total. The molecule has 1 aliphatic rings. The minimum atomic E-state index is -0.599. The van der Waals surface area contributed by atoms with Gasteiger partial charge in [0, 0.05) is 55.6 Å². The second kappa shape index (κ2) is 14.3. The van der Waals surface area contributed by atoms with E-state index in [0.717, 1.165) is 55.2 Å². The summed E-state index contributed by atoms with van der Waals surface area (Å²) in [6, 6.07) is 28.9. The predicted molar refractivity (Wildman–Crippen MR) is 170 cm³/mol. The van der Waals surface area contributed by atoms with Gasteiger partial charge in [-0.3, -0.25) is 14.5 Å². The Kier molecular flexibility index (Phi) is 10.1. The van der Waals surface area contributed by atoms with Crippen LogP contribution in [0.15, 0.2) is 91.1 Å². The number of benzene rings is 3. The molecule has 2 heterocycles. The van der Waals surface area contributed by atoms with Crippen molar-refractivity contribution in [2.45, 2.75) is 58.0 Å². The molecule has 220 valence electrons. The molecule has 2 atom stereocenters. The number of unbranched alkanes of at least 4 members (excludes halogenated alkanes) is 1. The molecule has 0 spiro atoms. The molecule has 3 aromatic carbocycles. The average Bonchev–Trinajstić information content (AvgIpc) is 3.45. The molecule has 6 nitrogen and oxygen atoms in total. The van der Waals surface area contributed by atoms with Gasteiger partial charge >= 0.3 is 0 Å². The summed E-state index contributed by atoms with van der Waals surface area (Å²) in [5.41, 5.74) is 4.61. The standard InChI is InChI=1S/C36H44N4O2/c1-3-5-14-27(4-2)35(41)38-33(25-30-26-37-32-20-13-12-19-31(30)32)36(42)40-23-21-39(22-24-40)34(28-15-8-6-9-16-28)29-17-10-7-11-18-29/h6-13,15-20,26-27,33-34,37H,3-5,14,21-25H2,1-2H3,(H,38,41). The monoisotopic (exact) mass is 564 g/mol. The number of hydrogen-bond donors (Lipinski definition) is 2. The molecule has 2 amide bonds. The SMILES string of the molecule is CCCCC(CC)C(=O)NC(Cc1c[nH]c2ccccc12)C(=O)N1CCN(C(c2ccccc2)c2ccccc2)CC1. The van der Waals surface area contributed by atoms with Crippen LogP contribution in [0.1, 0.15) is 62.3 Å². The second-order valence-electron chi connectivity index (χ2n) is 11.5. The van der Waals surface area contributed by atoms with Crippen LogP contribution in [0, 0.1) is 5.92 Å². The molecule has 1 aromatic heterocycles. The first-order chi connectivity index (χ1) is 20.6. The van der Waals surface area contributed by atoms with Crippen molar-refractivity contribution >= 4 is 22.7 Å². The van der Waals surface area contributed by atoms with E-state index in [1.807, 2.05) is 29.3 Å². The lowest BCUT2D eigenvalue weighted by molar-refractivity contribution is -0.139. The predicted octanol–water partition coefficient (Wildman–Crippen LogP) is 6.35. The third-order valence-electron chi connectivity index (χ3n) is 8.70. The maximum atomic E-state index is 14.1. The highest BCUT2D eigenvalue weighted by Crippen LogP contribution is 2.30. The normalized spacial score (nSPS) is 15.5. The van der Waals surface area contributed by atoms with Crippen LogP contribution in [0.4, 0.5) is 0 Å². The van der Waals surface area contributed by atoms with Crippen LogP contribution >= 0.6 is 0 Å². The first kappa shape index (κ1) is 29.6. The van der Waals surface area contributed by atoms with Crippen molar-refractivity contribution in [2.24, 2.45) is 5.92 Å². The summed E-state index contributed by atoms with van der Waals surface area (Å²) < 4.78 is 0. The Labute approximate surface area is 250 Å². The van der Waals surface area contributed by atoms with Crippen molar-refractivity contribution in [3.8, 4) is 0 Å². The smallest absolute Gasteiger partial charge is 0.245 e. The van der Waals surface area contributed by atoms with Crippen LogP contribution in [-0.2, 0) is 16.0 Å². The van der Waals surface area contributed by atoms with E-state index >= 15 is 0 Å². The van der Waals surface area contributed by atoms with Crippen molar-refractivity contribution in [1.29, 1.82) is 0 Å². The van der Waals surface area contributed by atoms with E-state index in [1.165, 1.54) is 11.1 Å². The number of piperazine rings is 1. The van der Waals surface area contributed by atoms with Gasteiger partial charge < -0.3 is 15.2 Å². The summed E-state index contributed by atoms with van der Waals surface area (Å²) in [7, 11) is 0. The molecular formula is C36H44N4O2. The zero-order valence-electron chi connectivity index (χ0n) is 25.0. The molecule has 42 heavy (non-hydrogen) atoms. The van der Waals surface area contributed by atoms with E-state index in [0.29, 0.717) is 19.5 Å². The van der Waals surface area contributed by atoms with E-state index in [1.54, 1.807) is 0 Å². The quantitative estimate of drug-likeness (QED) is 0.211. The lowest BCUT2D eigenvalue weighted by Crippen LogP contribution is -2.56. The van der Waals surface area contributed by atoms with Crippen molar-refractivity contribution in [3.05, 3.63) is 108 Å². The Morgan fingerprint density at radius 3 is 2.07 bits per heavy atom. The second-order valence-corrected chi connectivity index (χ2v) is 11.5. The third kappa shape index (κ3) is 6.93. The first-order valence-electron chi connectivity index (χ1n) is 15.6. The number of amides is 2. The highest BCUT2D eigenvalue weighted by atomic mass is 16.2. The van der Waals surface area contributed by atoms with Gasteiger partial charge in [-0.05, 0) is 35.6 Å². The van der Waals surface area contributed by atoms with Crippen LogP contribution in [0.3, 0.4) is 0 Å². The number of H-pyrrole nitrogens is 1. The van der Waals surface area contributed by atoms with Gasteiger partial charge in [-0.15, -0.1) is 0 Å². The van der Waals surface area contributed by atoms with Crippen LogP contribution in [0.25, 0.3) is 10.9 Å². The fourth-order valence-electron chi connectivity index (χ4n) is 6.29. The molecule has 1 fully saturated rings. The number of para-hydroxylation sites is 1. The van der Waals surface area contributed by atoms with Gasteiger partial charge in [0.2, 0.25) is 11.8 Å². The van der Waals surface area contributed by atoms with Gasteiger partial charge in [0.05, 0.1) is 6.04 Å². The minimum absolute atomic E-state index is 0.00371. The van der Waals surface area contributed by atoms with E-state index in [-0.39, 0.29) is 23.8 Å². The van der Waals surface area contributed by atoms with E-state index in [2.05, 4.69) is 95.8 Å². The summed E-state index contributed by atoms with van der Waals surface area (Å²) in [6.07, 6.45) is 6.14.